The summed E-state index contributed by atoms with van der Waals surface area (Å²) in [5.41, 5.74) is -0.803. The van der Waals surface area contributed by atoms with Crippen LogP contribution >= 0.6 is 0 Å². The lowest BCUT2D eigenvalue weighted by Crippen LogP contribution is -2.62. The Balaban J connectivity index is 1.37. The Bertz CT molecular complexity index is 782. The smallest absolute Gasteiger partial charge is 0.366 e. The van der Waals surface area contributed by atoms with E-state index in [9.17, 15) is 22.8 Å². The maximum atomic E-state index is 13.2. The molecular weight excluding hydrogens is 391 g/mol. The molecule has 158 valence electrons. The normalized spacial score (nSPS) is 26.1. The summed E-state index contributed by atoms with van der Waals surface area (Å²) in [4.78, 5) is 27.8. The van der Waals surface area contributed by atoms with E-state index in [4.69, 9.17) is 4.74 Å². The predicted octanol–water partition coefficient (Wildman–Crippen LogP) is 1.38. The number of amides is 3. The number of carbonyl (C=O) groups is 2. The monoisotopic (exact) mass is 413 g/mol. The van der Waals surface area contributed by atoms with Crippen LogP contribution in [0.15, 0.2) is 12.3 Å². The summed E-state index contributed by atoms with van der Waals surface area (Å²) in [5, 5.41) is 9.51. The number of hydrogen-bond donors (Lipinski definition) is 1. The first kappa shape index (κ1) is 19.9. The zero-order chi connectivity index (χ0) is 20.6. The van der Waals surface area contributed by atoms with Crippen molar-refractivity contribution in [2.24, 2.45) is 0 Å². The van der Waals surface area contributed by atoms with Gasteiger partial charge in [-0.3, -0.25) is 4.79 Å². The van der Waals surface area contributed by atoms with Crippen LogP contribution in [0.25, 0.3) is 0 Å². The van der Waals surface area contributed by atoms with Crippen molar-refractivity contribution in [3.05, 3.63) is 23.5 Å². The third kappa shape index (κ3) is 4.14. The molecule has 8 nitrogen and oxygen atoms in total. The number of likely N-dealkylation sites (tertiary alicyclic amines) is 2. The molecule has 3 aliphatic heterocycles. The minimum Gasteiger partial charge on any atom is -0.366 e. The molecule has 1 N–H and O–H groups in total. The highest BCUT2D eigenvalue weighted by Gasteiger charge is 2.40. The Morgan fingerprint density at radius 1 is 1.17 bits per heavy atom. The molecule has 3 amide bonds. The molecule has 1 aromatic heterocycles. The van der Waals surface area contributed by atoms with Gasteiger partial charge in [0.1, 0.15) is 6.61 Å². The molecule has 11 heteroatoms. The average Bonchev–Trinajstić information content (AvgIpc) is 2.72. The van der Waals surface area contributed by atoms with Crippen LogP contribution in [0.4, 0.5) is 18.0 Å². The minimum atomic E-state index is -4.55. The summed E-state index contributed by atoms with van der Waals surface area (Å²) in [6, 6.07) is 1.00. The molecular formula is C18H22F3N5O3. The van der Waals surface area contributed by atoms with Gasteiger partial charge in [-0.15, -0.1) is 5.10 Å². The van der Waals surface area contributed by atoms with Crippen molar-refractivity contribution in [1.29, 1.82) is 0 Å². The van der Waals surface area contributed by atoms with E-state index in [0.717, 1.165) is 0 Å². The highest BCUT2D eigenvalue weighted by Crippen LogP contribution is 2.37. The summed E-state index contributed by atoms with van der Waals surface area (Å²) in [6.45, 7) is 1.70. The summed E-state index contributed by atoms with van der Waals surface area (Å²) < 4.78 is 45.1. The number of urea groups is 1. The summed E-state index contributed by atoms with van der Waals surface area (Å²) in [7, 11) is 0. The first-order valence-electron chi connectivity index (χ1n) is 9.66. The van der Waals surface area contributed by atoms with Crippen molar-refractivity contribution in [1.82, 2.24) is 25.3 Å². The Labute approximate surface area is 165 Å². The number of fused-ring (bicyclic) bond motifs is 1. The summed E-state index contributed by atoms with van der Waals surface area (Å²) in [5.74, 6) is -0.504. The standard InChI is InChI=1S/C18H22F3N5O3/c19-18(20,21)16-12(1-5-22-24-16)11-2-6-25(7-3-11)17(28)26-8-4-14-13(9-26)23-15(27)10-29-14/h1,5,11,13-14H,2-4,6-10H2,(H,23,27)/t13-,14+/m1/s1. The molecule has 0 unspecified atom stereocenters. The van der Waals surface area contributed by atoms with Crippen molar-refractivity contribution >= 4 is 11.9 Å². The third-order valence-electron chi connectivity index (χ3n) is 5.82. The lowest BCUT2D eigenvalue weighted by molar-refractivity contribution is -0.142. The van der Waals surface area contributed by atoms with Crippen LogP contribution < -0.4 is 5.32 Å². The van der Waals surface area contributed by atoms with Gasteiger partial charge in [-0.25, -0.2) is 4.79 Å². The quantitative estimate of drug-likeness (QED) is 0.752. The molecule has 0 bridgehead atoms. The number of aromatic nitrogens is 2. The van der Waals surface area contributed by atoms with E-state index in [1.165, 1.54) is 12.3 Å². The van der Waals surface area contributed by atoms with Gasteiger partial charge in [-0.05, 0) is 36.8 Å². The van der Waals surface area contributed by atoms with Gasteiger partial charge in [0.05, 0.1) is 12.1 Å². The molecule has 0 aromatic carbocycles. The SMILES string of the molecule is O=C1CO[C@H]2CCN(C(=O)N3CCC(c4ccnnc4C(F)(F)F)CC3)C[C@H]2N1. The number of nitrogens with zero attached hydrogens (tertiary/aromatic N) is 4. The fraction of sp³-hybridized carbons (Fsp3) is 0.667. The van der Waals surface area contributed by atoms with Crippen molar-refractivity contribution in [2.45, 2.75) is 43.5 Å². The molecule has 0 radical (unpaired) electrons. The second-order valence-corrected chi connectivity index (χ2v) is 7.63. The van der Waals surface area contributed by atoms with Crippen LogP contribution in [0.2, 0.25) is 0 Å². The van der Waals surface area contributed by atoms with Gasteiger partial charge in [-0.1, -0.05) is 0 Å². The lowest BCUT2D eigenvalue weighted by atomic mass is 9.88. The molecule has 0 aliphatic carbocycles. The first-order valence-corrected chi connectivity index (χ1v) is 9.66. The van der Waals surface area contributed by atoms with Gasteiger partial charge >= 0.3 is 12.2 Å². The van der Waals surface area contributed by atoms with Crippen LogP contribution in [0.5, 0.6) is 0 Å². The second-order valence-electron chi connectivity index (χ2n) is 7.63. The molecule has 3 aliphatic rings. The zero-order valence-electron chi connectivity index (χ0n) is 15.7. The molecule has 0 spiro atoms. The number of alkyl halides is 3. The van der Waals surface area contributed by atoms with Crippen molar-refractivity contribution in [3.8, 4) is 0 Å². The molecule has 2 atom stereocenters. The molecule has 1 aromatic rings. The number of piperidine rings is 2. The largest absolute Gasteiger partial charge is 0.435 e. The predicted molar refractivity (Wildman–Crippen MR) is 93.8 cm³/mol. The third-order valence-corrected chi connectivity index (χ3v) is 5.82. The van der Waals surface area contributed by atoms with Gasteiger partial charge in [0.2, 0.25) is 5.91 Å². The molecule has 4 heterocycles. The molecule has 3 fully saturated rings. The van der Waals surface area contributed by atoms with E-state index in [1.807, 2.05) is 0 Å². The maximum absolute atomic E-state index is 13.2. The highest BCUT2D eigenvalue weighted by atomic mass is 19.4. The fourth-order valence-corrected chi connectivity index (χ4v) is 4.35. The highest BCUT2D eigenvalue weighted by molar-refractivity contribution is 5.79. The lowest BCUT2D eigenvalue weighted by Gasteiger charge is -2.43. The number of morpholine rings is 1. The molecule has 3 saturated heterocycles. The number of halogens is 3. The average molecular weight is 413 g/mol. The Hall–Kier alpha value is -2.43. The Kier molecular flexibility index (Phi) is 5.32. The summed E-state index contributed by atoms with van der Waals surface area (Å²) in [6.07, 6.45) is -1.85. The van der Waals surface area contributed by atoms with Crippen LogP contribution in [0.1, 0.15) is 36.4 Å². The minimum absolute atomic E-state index is 0.0480. The van der Waals surface area contributed by atoms with Gasteiger partial charge in [0.25, 0.3) is 0 Å². The number of nitrogens with one attached hydrogen (secondary N) is 1. The van der Waals surface area contributed by atoms with E-state index in [-0.39, 0.29) is 42.2 Å². The Morgan fingerprint density at radius 2 is 1.90 bits per heavy atom. The van der Waals surface area contributed by atoms with E-state index in [2.05, 4.69) is 15.5 Å². The molecule has 4 rings (SSSR count). The van der Waals surface area contributed by atoms with Crippen LogP contribution in [0.3, 0.4) is 0 Å². The van der Waals surface area contributed by atoms with Crippen LogP contribution in [0, 0.1) is 0 Å². The topological polar surface area (TPSA) is 87.7 Å². The van der Waals surface area contributed by atoms with Crippen molar-refractivity contribution in [2.75, 3.05) is 32.8 Å². The van der Waals surface area contributed by atoms with E-state index < -0.39 is 11.9 Å². The van der Waals surface area contributed by atoms with Crippen LogP contribution in [-0.4, -0.2) is 76.9 Å². The molecule has 29 heavy (non-hydrogen) atoms. The molecule has 0 saturated carbocycles. The van der Waals surface area contributed by atoms with Gasteiger partial charge in [0.15, 0.2) is 5.69 Å². The Morgan fingerprint density at radius 3 is 2.62 bits per heavy atom. The summed E-state index contributed by atoms with van der Waals surface area (Å²) >= 11 is 0. The van der Waals surface area contributed by atoms with Gasteiger partial charge in [-0.2, -0.15) is 18.3 Å². The van der Waals surface area contributed by atoms with Crippen LogP contribution in [-0.2, 0) is 15.7 Å². The number of hydrogen-bond acceptors (Lipinski definition) is 5. The van der Waals surface area contributed by atoms with Gasteiger partial charge < -0.3 is 19.9 Å². The van der Waals surface area contributed by atoms with E-state index in [0.29, 0.717) is 45.4 Å². The number of carbonyl (C=O) groups excluding carboxylic acids is 2. The number of rotatable bonds is 1. The van der Waals surface area contributed by atoms with E-state index >= 15 is 0 Å². The zero-order valence-corrected chi connectivity index (χ0v) is 15.7. The fourth-order valence-electron chi connectivity index (χ4n) is 4.35. The second kappa shape index (κ2) is 7.77. The van der Waals surface area contributed by atoms with Crippen molar-refractivity contribution in [3.63, 3.8) is 0 Å². The maximum Gasteiger partial charge on any atom is 0.435 e. The number of ether oxygens (including phenoxy) is 1. The van der Waals surface area contributed by atoms with Gasteiger partial charge in [0, 0.05) is 32.4 Å². The van der Waals surface area contributed by atoms with E-state index in [1.54, 1.807) is 9.80 Å². The first-order chi connectivity index (χ1) is 13.8. The van der Waals surface area contributed by atoms with Crippen molar-refractivity contribution < 1.29 is 27.5 Å².